The second-order valence-corrected chi connectivity index (χ2v) is 4.29. The highest BCUT2D eigenvalue weighted by molar-refractivity contribution is 5.80. The number of ether oxygens (including phenoxy) is 1. The van der Waals surface area contributed by atoms with Crippen molar-refractivity contribution in [3.05, 3.63) is 60.6 Å². The van der Waals surface area contributed by atoms with Crippen LogP contribution in [-0.2, 0) is 6.54 Å². The summed E-state index contributed by atoms with van der Waals surface area (Å²) in [5.41, 5.74) is 2.38. The molecule has 1 N–H and O–H groups in total. The maximum atomic E-state index is 5.15. The van der Waals surface area contributed by atoms with Crippen molar-refractivity contribution in [1.82, 2.24) is 4.98 Å². The van der Waals surface area contributed by atoms with E-state index in [-0.39, 0.29) is 0 Å². The molecule has 0 aliphatic carbocycles. The molecular weight excluding hydrogens is 224 g/mol. The Morgan fingerprint density at radius 2 is 1.89 bits per heavy atom. The number of para-hydroxylation sites is 1. The Morgan fingerprint density at radius 3 is 2.61 bits per heavy atom. The molecule has 18 heavy (non-hydrogen) atoms. The Labute approximate surface area is 106 Å². The van der Waals surface area contributed by atoms with Crippen LogP contribution in [0.15, 0.2) is 54.9 Å². The topological polar surface area (TPSA) is 28.9 Å². The molecule has 3 aromatic rings. The van der Waals surface area contributed by atoms with E-state index < -0.39 is 0 Å². The average Bonchev–Trinajstić information content (AvgIpc) is 2.82. The van der Waals surface area contributed by atoms with Gasteiger partial charge in [0.1, 0.15) is 5.75 Å². The molecule has 1 aromatic carbocycles. The molecule has 90 valence electrons. The van der Waals surface area contributed by atoms with Gasteiger partial charge < -0.3 is 9.72 Å². The highest BCUT2D eigenvalue weighted by Crippen LogP contribution is 2.14. The maximum absolute atomic E-state index is 5.15. The standard InChI is InChI=1S/C15H15N2O/c1-18-14-6-8-17(9-7-14)11-13-10-12-4-2-3-5-15(12)16-13/h2-10,16H,11H2,1H3/q+1. The molecule has 2 heterocycles. The van der Waals surface area contributed by atoms with Gasteiger partial charge in [-0.3, -0.25) is 0 Å². The fourth-order valence-corrected chi connectivity index (χ4v) is 2.10. The van der Waals surface area contributed by atoms with Crippen LogP contribution in [0.3, 0.4) is 0 Å². The summed E-state index contributed by atoms with van der Waals surface area (Å²) in [7, 11) is 1.68. The minimum Gasteiger partial charge on any atom is -0.496 e. The first-order valence-electron chi connectivity index (χ1n) is 5.95. The van der Waals surface area contributed by atoms with E-state index >= 15 is 0 Å². The number of aromatic nitrogens is 2. The molecule has 3 nitrogen and oxygen atoms in total. The summed E-state index contributed by atoms with van der Waals surface area (Å²) >= 11 is 0. The van der Waals surface area contributed by atoms with Crippen molar-refractivity contribution in [2.45, 2.75) is 6.54 Å². The average molecular weight is 239 g/mol. The number of hydrogen-bond donors (Lipinski definition) is 1. The smallest absolute Gasteiger partial charge is 0.188 e. The predicted octanol–water partition coefficient (Wildman–Crippen LogP) is 2.51. The van der Waals surface area contributed by atoms with E-state index in [1.54, 1.807) is 7.11 Å². The normalized spacial score (nSPS) is 10.7. The van der Waals surface area contributed by atoms with Gasteiger partial charge in [-0.1, -0.05) is 18.2 Å². The highest BCUT2D eigenvalue weighted by Gasteiger charge is 2.06. The van der Waals surface area contributed by atoms with Crippen LogP contribution in [0.25, 0.3) is 10.9 Å². The first-order chi connectivity index (χ1) is 8.85. The summed E-state index contributed by atoms with van der Waals surface area (Å²) in [6.45, 7) is 0.832. The summed E-state index contributed by atoms with van der Waals surface area (Å²) in [6, 6.07) is 14.4. The second kappa shape index (κ2) is 4.53. The van der Waals surface area contributed by atoms with Crippen LogP contribution in [0, 0.1) is 0 Å². The zero-order chi connectivity index (χ0) is 12.4. The minimum absolute atomic E-state index is 0.832. The molecule has 3 rings (SSSR count). The quantitative estimate of drug-likeness (QED) is 0.699. The Balaban J connectivity index is 1.86. The van der Waals surface area contributed by atoms with Crippen molar-refractivity contribution in [1.29, 1.82) is 0 Å². The first kappa shape index (κ1) is 10.8. The van der Waals surface area contributed by atoms with Crippen LogP contribution in [0.2, 0.25) is 0 Å². The SMILES string of the molecule is COc1cc[n+](Cc2cc3ccccc3[nH]2)cc1. The molecule has 2 aromatic heterocycles. The number of pyridine rings is 1. The van der Waals surface area contributed by atoms with Crippen molar-refractivity contribution < 1.29 is 9.30 Å². The highest BCUT2D eigenvalue weighted by atomic mass is 16.5. The van der Waals surface area contributed by atoms with E-state index in [0.717, 1.165) is 12.3 Å². The summed E-state index contributed by atoms with van der Waals surface area (Å²) in [6.07, 6.45) is 4.04. The molecule has 0 amide bonds. The molecule has 0 atom stereocenters. The van der Waals surface area contributed by atoms with E-state index in [0.29, 0.717) is 0 Å². The maximum Gasteiger partial charge on any atom is 0.188 e. The van der Waals surface area contributed by atoms with Gasteiger partial charge in [0.05, 0.1) is 12.8 Å². The van der Waals surface area contributed by atoms with E-state index in [1.165, 1.54) is 16.6 Å². The molecule has 0 bridgehead atoms. The lowest BCUT2D eigenvalue weighted by atomic mass is 10.2. The Kier molecular flexibility index (Phi) is 2.73. The number of H-pyrrole nitrogens is 1. The summed E-state index contributed by atoms with van der Waals surface area (Å²) in [5.74, 6) is 0.878. The third kappa shape index (κ3) is 2.07. The minimum atomic E-state index is 0.832. The van der Waals surface area contributed by atoms with E-state index in [4.69, 9.17) is 4.74 Å². The number of nitrogens with zero attached hydrogens (tertiary/aromatic N) is 1. The molecule has 0 fully saturated rings. The van der Waals surface area contributed by atoms with Gasteiger partial charge >= 0.3 is 0 Å². The van der Waals surface area contributed by atoms with Crippen LogP contribution in [0.4, 0.5) is 0 Å². The van der Waals surface area contributed by atoms with Crippen LogP contribution in [-0.4, -0.2) is 12.1 Å². The first-order valence-corrected chi connectivity index (χ1v) is 5.95. The van der Waals surface area contributed by atoms with Crippen LogP contribution < -0.4 is 9.30 Å². The lowest BCUT2D eigenvalue weighted by Gasteiger charge is -1.97. The predicted molar refractivity (Wildman–Crippen MR) is 70.6 cm³/mol. The fourth-order valence-electron chi connectivity index (χ4n) is 2.10. The molecule has 0 unspecified atom stereocenters. The van der Waals surface area contributed by atoms with E-state index in [1.807, 2.05) is 30.6 Å². The molecule has 0 spiro atoms. The molecule has 0 radical (unpaired) electrons. The van der Waals surface area contributed by atoms with Gasteiger partial charge in [-0.05, 0) is 17.5 Å². The number of nitrogens with one attached hydrogen (secondary N) is 1. The molecule has 3 heteroatoms. The number of aromatic amines is 1. The van der Waals surface area contributed by atoms with Crippen molar-refractivity contribution in [2.75, 3.05) is 7.11 Å². The Hall–Kier alpha value is -2.29. The number of hydrogen-bond acceptors (Lipinski definition) is 1. The van der Waals surface area contributed by atoms with Gasteiger partial charge in [0, 0.05) is 17.6 Å². The van der Waals surface area contributed by atoms with Crippen LogP contribution in [0.5, 0.6) is 5.75 Å². The lowest BCUT2D eigenvalue weighted by Crippen LogP contribution is -2.33. The third-order valence-corrected chi connectivity index (χ3v) is 3.03. The largest absolute Gasteiger partial charge is 0.496 e. The van der Waals surface area contributed by atoms with Gasteiger partial charge in [-0.25, -0.2) is 0 Å². The van der Waals surface area contributed by atoms with Gasteiger partial charge in [0.15, 0.2) is 18.9 Å². The van der Waals surface area contributed by atoms with Crippen LogP contribution >= 0.6 is 0 Å². The zero-order valence-electron chi connectivity index (χ0n) is 10.3. The molecule has 0 aliphatic rings. The number of methoxy groups -OCH3 is 1. The summed E-state index contributed by atoms with van der Waals surface area (Å²) in [5, 5.41) is 1.25. The third-order valence-electron chi connectivity index (χ3n) is 3.03. The summed E-state index contributed by atoms with van der Waals surface area (Å²) < 4.78 is 7.26. The molecular formula is C15H15N2O+. The fraction of sp³-hybridized carbons (Fsp3) is 0.133. The van der Waals surface area contributed by atoms with Gasteiger partial charge in [0.25, 0.3) is 0 Å². The van der Waals surface area contributed by atoms with Gasteiger partial charge in [-0.15, -0.1) is 0 Å². The van der Waals surface area contributed by atoms with Crippen molar-refractivity contribution in [3.8, 4) is 5.75 Å². The Bertz CT molecular complexity index is 623. The zero-order valence-corrected chi connectivity index (χ0v) is 10.3. The Morgan fingerprint density at radius 1 is 1.11 bits per heavy atom. The van der Waals surface area contributed by atoms with Crippen LogP contribution in [0.1, 0.15) is 5.69 Å². The van der Waals surface area contributed by atoms with E-state index in [9.17, 15) is 0 Å². The number of benzene rings is 1. The number of rotatable bonds is 3. The molecule has 0 aliphatic heterocycles. The van der Waals surface area contributed by atoms with Crippen molar-refractivity contribution in [3.63, 3.8) is 0 Å². The monoisotopic (exact) mass is 239 g/mol. The van der Waals surface area contributed by atoms with Crippen molar-refractivity contribution in [2.24, 2.45) is 0 Å². The van der Waals surface area contributed by atoms with Gasteiger partial charge in [0.2, 0.25) is 0 Å². The van der Waals surface area contributed by atoms with Gasteiger partial charge in [-0.2, -0.15) is 4.57 Å². The second-order valence-electron chi connectivity index (χ2n) is 4.29. The number of fused-ring (bicyclic) bond motifs is 1. The van der Waals surface area contributed by atoms with Crippen molar-refractivity contribution >= 4 is 10.9 Å². The molecule has 0 saturated heterocycles. The summed E-state index contributed by atoms with van der Waals surface area (Å²) in [4.78, 5) is 3.42. The lowest BCUT2D eigenvalue weighted by molar-refractivity contribution is -0.688. The van der Waals surface area contributed by atoms with E-state index in [2.05, 4.69) is 33.8 Å². The molecule has 0 saturated carbocycles.